The molecule has 106 valence electrons. The van der Waals surface area contributed by atoms with E-state index in [1.807, 2.05) is 0 Å². The van der Waals surface area contributed by atoms with Crippen molar-refractivity contribution in [1.82, 2.24) is 10.2 Å². The van der Waals surface area contributed by atoms with Crippen molar-refractivity contribution in [3.8, 4) is 0 Å². The molecule has 2 rings (SSSR count). The fourth-order valence-electron chi connectivity index (χ4n) is 2.53. The van der Waals surface area contributed by atoms with Crippen molar-refractivity contribution in [1.29, 1.82) is 0 Å². The van der Waals surface area contributed by atoms with Crippen LogP contribution in [0.2, 0.25) is 0 Å². The number of carbonyl (C=O) groups is 1. The molecule has 1 aromatic heterocycles. The van der Waals surface area contributed by atoms with Crippen molar-refractivity contribution in [3.63, 3.8) is 0 Å². The SMILES string of the molecule is Cc1oc(C(=O)O)cc1CNCC(C)N1CCCC1. The molecule has 5 nitrogen and oxygen atoms in total. The summed E-state index contributed by atoms with van der Waals surface area (Å²) in [4.78, 5) is 13.3. The van der Waals surface area contributed by atoms with Crippen LogP contribution in [0.3, 0.4) is 0 Å². The molecule has 0 bridgehead atoms. The van der Waals surface area contributed by atoms with Gasteiger partial charge in [0.15, 0.2) is 0 Å². The number of nitrogens with one attached hydrogen (secondary N) is 1. The molecule has 0 spiro atoms. The largest absolute Gasteiger partial charge is 0.475 e. The summed E-state index contributed by atoms with van der Waals surface area (Å²) in [6, 6.07) is 2.12. The smallest absolute Gasteiger partial charge is 0.371 e. The highest BCUT2D eigenvalue weighted by Gasteiger charge is 2.18. The summed E-state index contributed by atoms with van der Waals surface area (Å²) in [5.41, 5.74) is 0.922. The molecule has 0 aromatic carbocycles. The van der Waals surface area contributed by atoms with E-state index in [1.54, 1.807) is 13.0 Å². The zero-order valence-corrected chi connectivity index (χ0v) is 11.6. The number of aromatic carboxylic acids is 1. The summed E-state index contributed by atoms with van der Waals surface area (Å²) in [5, 5.41) is 12.2. The van der Waals surface area contributed by atoms with Gasteiger partial charge < -0.3 is 14.8 Å². The molecule has 1 aromatic rings. The molecule has 1 saturated heterocycles. The Balaban J connectivity index is 1.80. The van der Waals surface area contributed by atoms with Crippen LogP contribution in [-0.4, -0.2) is 41.7 Å². The van der Waals surface area contributed by atoms with Crippen molar-refractivity contribution in [2.24, 2.45) is 0 Å². The third-order valence-electron chi connectivity index (χ3n) is 3.75. The van der Waals surface area contributed by atoms with E-state index in [4.69, 9.17) is 9.52 Å². The number of furan rings is 1. The normalized spacial score (nSPS) is 17.8. The number of carboxylic acid groups (broad SMARTS) is 1. The lowest BCUT2D eigenvalue weighted by atomic mass is 10.2. The molecule has 0 amide bonds. The molecule has 19 heavy (non-hydrogen) atoms. The molecule has 1 aliphatic heterocycles. The summed E-state index contributed by atoms with van der Waals surface area (Å²) in [5.74, 6) is -0.319. The van der Waals surface area contributed by atoms with E-state index >= 15 is 0 Å². The molecule has 1 aliphatic rings. The third-order valence-corrected chi connectivity index (χ3v) is 3.75. The highest BCUT2D eigenvalue weighted by atomic mass is 16.4. The number of rotatable bonds is 6. The highest BCUT2D eigenvalue weighted by molar-refractivity contribution is 5.84. The monoisotopic (exact) mass is 266 g/mol. The van der Waals surface area contributed by atoms with Gasteiger partial charge >= 0.3 is 5.97 Å². The minimum absolute atomic E-state index is 0.0156. The predicted octanol–water partition coefficient (Wildman–Crippen LogP) is 1.86. The van der Waals surface area contributed by atoms with Crippen LogP contribution in [-0.2, 0) is 6.54 Å². The maximum absolute atomic E-state index is 10.8. The molecular formula is C14H22N2O3. The molecule has 0 aliphatic carbocycles. The fraction of sp³-hybridized carbons (Fsp3) is 0.643. The van der Waals surface area contributed by atoms with Gasteiger partial charge in [-0.05, 0) is 45.8 Å². The molecule has 0 radical (unpaired) electrons. The van der Waals surface area contributed by atoms with Crippen LogP contribution in [0.4, 0.5) is 0 Å². The molecule has 1 atom stereocenters. The Hall–Kier alpha value is -1.33. The number of carboxylic acids is 1. The summed E-state index contributed by atoms with van der Waals surface area (Å²) in [7, 11) is 0. The van der Waals surface area contributed by atoms with E-state index in [-0.39, 0.29) is 5.76 Å². The van der Waals surface area contributed by atoms with Crippen molar-refractivity contribution < 1.29 is 14.3 Å². The van der Waals surface area contributed by atoms with Crippen LogP contribution in [0.5, 0.6) is 0 Å². The Morgan fingerprint density at radius 1 is 1.53 bits per heavy atom. The lowest BCUT2D eigenvalue weighted by Gasteiger charge is -2.23. The van der Waals surface area contributed by atoms with E-state index in [1.165, 1.54) is 25.9 Å². The first-order valence-corrected chi connectivity index (χ1v) is 6.85. The van der Waals surface area contributed by atoms with Crippen molar-refractivity contribution in [3.05, 3.63) is 23.2 Å². The van der Waals surface area contributed by atoms with Gasteiger partial charge in [-0.25, -0.2) is 4.79 Å². The van der Waals surface area contributed by atoms with E-state index in [0.717, 1.165) is 12.1 Å². The van der Waals surface area contributed by atoms with Crippen LogP contribution >= 0.6 is 0 Å². The van der Waals surface area contributed by atoms with Crippen molar-refractivity contribution in [2.45, 2.75) is 39.3 Å². The van der Waals surface area contributed by atoms with Crippen molar-refractivity contribution in [2.75, 3.05) is 19.6 Å². The third kappa shape index (κ3) is 3.58. The lowest BCUT2D eigenvalue weighted by Crippen LogP contribution is -2.38. The molecule has 1 fully saturated rings. The van der Waals surface area contributed by atoms with E-state index in [2.05, 4.69) is 17.1 Å². The Bertz CT molecular complexity index is 436. The molecule has 0 saturated carbocycles. The van der Waals surface area contributed by atoms with Crippen LogP contribution in [0.25, 0.3) is 0 Å². The number of likely N-dealkylation sites (tertiary alicyclic amines) is 1. The average Bonchev–Trinajstić information content (AvgIpc) is 2.99. The van der Waals surface area contributed by atoms with Crippen LogP contribution in [0, 0.1) is 6.92 Å². The van der Waals surface area contributed by atoms with E-state index < -0.39 is 5.97 Å². The van der Waals surface area contributed by atoms with Gasteiger partial charge in [-0.2, -0.15) is 0 Å². The molecular weight excluding hydrogens is 244 g/mol. The van der Waals surface area contributed by atoms with Crippen LogP contribution in [0.15, 0.2) is 10.5 Å². The Morgan fingerprint density at radius 2 is 2.21 bits per heavy atom. The van der Waals surface area contributed by atoms with E-state index in [0.29, 0.717) is 18.3 Å². The first-order chi connectivity index (χ1) is 9.08. The van der Waals surface area contributed by atoms with Crippen molar-refractivity contribution >= 4 is 5.97 Å². The topological polar surface area (TPSA) is 65.7 Å². The van der Waals surface area contributed by atoms with Gasteiger partial charge in [0.05, 0.1) is 0 Å². The Kier molecular flexibility index (Phi) is 4.61. The van der Waals surface area contributed by atoms with Gasteiger partial charge in [-0.3, -0.25) is 4.90 Å². The molecule has 5 heteroatoms. The van der Waals surface area contributed by atoms with Gasteiger partial charge in [0, 0.05) is 24.7 Å². The van der Waals surface area contributed by atoms with Gasteiger partial charge in [-0.15, -0.1) is 0 Å². The standard InChI is InChI=1S/C14H22N2O3/c1-10(16-5-3-4-6-16)8-15-9-12-7-13(14(17)18)19-11(12)2/h7,10,15H,3-6,8-9H2,1-2H3,(H,17,18). The zero-order valence-electron chi connectivity index (χ0n) is 11.6. The Labute approximate surface area is 113 Å². The first kappa shape index (κ1) is 14.1. The summed E-state index contributed by atoms with van der Waals surface area (Å²) >= 11 is 0. The number of hydrogen-bond acceptors (Lipinski definition) is 4. The van der Waals surface area contributed by atoms with Gasteiger partial charge in [0.25, 0.3) is 0 Å². The second kappa shape index (κ2) is 6.21. The molecule has 2 heterocycles. The highest BCUT2D eigenvalue weighted by Crippen LogP contribution is 2.15. The van der Waals surface area contributed by atoms with Crippen LogP contribution < -0.4 is 5.32 Å². The van der Waals surface area contributed by atoms with Gasteiger partial charge in [-0.1, -0.05) is 0 Å². The number of nitrogens with zero attached hydrogens (tertiary/aromatic N) is 1. The zero-order chi connectivity index (χ0) is 13.8. The second-order valence-electron chi connectivity index (χ2n) is 5.22. The summed E-state index contributed by atoms with van der Waals surface area (Å²) < 4.78 is 5.18. The maximum Gasteiger partial charge on any atom is 0.371 e. The Morgan fingerprint density at radius 3 is 2.79 bits per heavy atom. The lowest BCUT2D eigenvalue weighted by molar-refractivity contribution is 0.0661. The van der Waals surface area contributed by atoms with Gasteiger partial charge in [0.1, 0.15) is 5.76 Å². The predicted molar refractivity (Wildman–Crippen MR) is 72.4 cm³/mol. The summed E-state index contributed by atoms with van der Waals surface area (Å²) in [6.45, 7) is 7.97. The quantitative estimate of drug-likeness (QED) is 0.822. The van der Waals surface area contributed by atoms with Crippen LogP contribution in [0.1, 0.15) is 41.6 Å². The second-order valence-corrected chi connectivity index (χ2v) is 5.22. The maximum atomic E-state index is 10.8. The number of aryl methyl sites for hydroxylation is 1. The number of hydrogen-bond donors (Lipinski definition) is 2. The average molecular weight is 266 g/mol. The minimum Gasteiger partial charge on any atom is -0.475 e. The molecule has 2 N–H and O–H groups in total. The van der Waals surface area contributed by atoms with Gasteiger partial charge in [0.2, 0.25) is 5.76 Å². The first-order valence-electron chi connectivity index (χ1n) is 6.85. The fourth-order valence-corrected chi connectivity index (χ4v) is 2.53. The molecule has 1 unspecified atom stereocenters. The minimum atomic E-state index is -1.01. The van der Waals surface area contributed by atoms with E-state index in [9.17, 15) is 4.79 Å². The summed E-state index contributed by atoms with van der Waals surface area (Å²) in [6.07, 6.45) is 2.60.